The van der Waals surface area contributed by atoms with Crippen molar-refractivity contribution in [2.75, 3.05) is 0 Å². The molecule has 0 aliphatic heterocycles. The summed E-state index contributed by atoms with van der Waals surface area (Å²) in [6.45, 7) is 16.4. The zero-order valence-electron chi connectivity index (χ0n) is 21.5. The van der Waals surface area contributed by atoms with Crippen molar-refractivity contribution in [2.45, 2.75) is 66.9 Å². The smallest absolute Gasteiger partial charge is 0.206 e. The number of ketones is 3. The topological polar surface area (TPSA) is 112 Å². The molecule has 6 nitrogen and oxygen atoms in total. The standard InChI is InChI=1S/C29H34O6/c1-13(2)17-9-10-19(31)21-18(17)11-27(7)12-28(8)22(14(3)4)15(5)20(16(6)30)25(33)29(28,35)26(34)23(27)24(21)32/h9-10,14,22,31-32,35H,1,11-12H2,2-8H3/t22-,27+,28+,29-/m1/s1. The Morgan fingerprint density at radius 3 is 2.23 bits per heavy atom. The summed E-state index contributed by atoms with van der Waals surface area (Å²) in [6.07, 6.45) is 0.542. The average Bonchev–Trinajstić information content (AvgIpc) is 2.69. The van der Waals surface area contributed by atoms with Crippen molar-refractivity contribution in [3.05, 3.63) is 52.1 Å². The molecule has 0 heterocycles. The number of hydrogen-bond donors (Lipinski definition) is 3. The summed E-state index contributed by atoms with van der Waals surface area (Å²) in [4.78, 5) is 40.5. The highest BCUT2D eigenvalue weighted by Gasteiger charge is 2.71. The van der Waals surface area contributed by atoms with Gasteiger partial charge in [-0.15, -0.1) is 0 Å². The third-order valence-corrected chi connectivity index (χ3v) is 8.66. The first-order chi connectivity index (χ1) is 16.0. The fourth-order valence-corrected chi connectivity index (χ4v) is 7.65. The molecule has 186 valence electrons. The second-order valence-electron chi connectivity index (χ2n) is 11.5. The largest absolute Gasteiger partial charge is 0.507 e. The SMILES string of the molecule is C=C(C)c1ccc(O)c2c1C[C@@]1(C)C[C@@]3(C)[C@H](C(C)C)C(C)=C(C(C)=O)C(=O)[C@@]3(O)C(=O)C1=C2O. The van der Waals surface area contributed by atoms with Crippen LogP contribution in [0, 0.1) is 22.7 Å². The normalized spacial score (nSPS) is 32.4. The van der Waals surface area contributed by atoms with E-state index in [2.05, 4.69) is 6.58 Å². The minimum Gasteiger partial charge on any atom is -0.507 e. The number of fused-ring (bicyclic) bond motifs is 3. The highest BCUT2D eigenvalue weighted by atomic mass is 16.3. The number of phenolic OH excluding ortho intramolecular Hbond substituents is 1. The number of aromatic hydroxyl groups is 1. The Morgan fingerprint density at radius 1 is 1.11 bits per heavy atom. The first kappa shape index (κ1) is 25.1. The molecule has 4 atom stereocenters. The third kappa shape index (κ3) is 2.95. The molecule has 0 unspecified atom stereocenters. The van der Waals surface area contributed by atoms with Gasteiger partial charge in [-0.05, 0) is 62.6 Å². The van der Waals surface area contributed by atoms with Gasteiger partial charge in [-0.1, -0.05) is 51.5 Å². The van der Waals surface area contributed by atoms with E-state index in [1.54, 1.807) is 19.9 Å². The Balaban J connectivity index is 2.09. The minimum absolute atomic E-state index is 0.0718. The van der Waals surface area contributed by atoms with Crippen molar-refractivity contribution in [2.24, 2.45) is 22.7 Å². The molecule has 35 heavy (non-hydrogen) atoms. The molecule has 0 amide bonds. The monoisotopic (exact) mass is 478 g/mol. The van der Waals surface area contributed by atoms with Gasteiger partial charge < -0.3 is 15.3 Å². The van der Waals surface area contributed by atoms with E-state index in [0.29, 0.717) is 17.6 Å². The molecule has 1 aromatic carbocycles. The van der Waals surface area contributed by atoms with Crippen LogP contribution in [-0.2, 0) is 20.8 Å². The van der Waals surface area contributed by atoms with Crippen LogP contribution in [0.2, 0.25) is 0 Å². The molecule has 0 bridgehead atoms. The molecule has 0 radical (unpaired) electrons. The summed E-state index contributed by atoms with van der Waals surface area (Å²) >= 11 is 0. The van der Waals surface area contributed by atoms with E-state index >= 15 is 0 Å². The number of aliphatic hydroxyl groups is 2. The first-order valence-electron chi connectivity index (χ1n) is 12.0. The quantitative estimate of drug-likeness (QED) is 0.428. The van der Waals surface area contributed by atoms with Gasteiger partial charge in [0.05, 0.1) is 11.1 Å². The van der Waals surface area contributed by atoms with Gasteiger partial charge in [0.1, 0.15) is 11.5 Å². The van der Waals surface area contributed by atoms with Gasteiger partial charge in [-0.2, -0.15) is 0 Å². The molecular weight excluding hydrogens is 444 g/mol. The maximum atomic E-state index is 14.2. The van der Waals surface area contributed by atoms with Gasteiger partial charge in [-0.3, -0.25) is 14.4 Å². The molecule has 3 N–H and O–H groups in total. The van der Waals surface area contributed by atoms with Crippen molar-refractivity contribution in [3.8, 4) is 5.75 Å². The average molecular weight is 479 g/mol. The minimum atomic E-state index is -2.51. The lowest BCUT2D eigenvalue weighted by molar-refractivity contribution is -0.180. The lowest BCUT2D eigenvalue weighted by Gasteiger charge is -2.60. The molecule has 4 rings (SSSR count). The summed E-state index contributed by atoms with van der Waals surface area (Å²) < 4.78 is 0. The number of hydrogen-bond acceptors (Lipinski definition) is 6. The number of benzene rings is 1. The van der Waals surface area contributed by atoms with Crippen molar-refractivity contribution >= 4 is 28.7 Å². The van der Waals surface area contributed by atoms with Crippen LogP contribution in [-0.4, -0.2) is 38.3 Å². The van der Waals surface area contributed by atoms with Gasteiger partial charge in [0, 0.05) is 16.4 Å². The molecule has 3 aliphatic carbocycles. The van der Waals surface area contributed by atoms with E-state index in [1.165, 1.54) is 13.0 Å². The number of carbonyl (C=O) groups excluding carboxylic acids is 3. The van der Waals surface area contributed by atoms with Crippen LogP contribution in [0.4, 0.5) is 0 Å². The maximum Gasteiger partial charge on any atom is 0.206 e. The summed E-state index contributed by atoms with van der Waals surface area (Å²) in [5, 5.41) is 34.1. The molecule has 1 aromatic rings. The molecule has 1 saturated carbocycles. The predicted molar refractivity (Wildman–Crippen MR) is 134 cm³/mol. The predicted octanol–water partition coefficient (Wildman–Crippen LogP) is 4.73. The highest BCUT2D eigenvalue weighted by molar-refractivity contribution is 6.33. The van der Waals surface area contributed by atoms with Crippen molar-refractivity contribution < 1.29 is 29.7 Å². The Labute approximate surface area is 206 Å². The molecule has 6 heteroatoms. The Bertz CT molecular complexity index is 1290. The van der Waals surface area contributed by atoms with E-state index in [1.807, 2.05) is 27.7 Å². The summed E-state index contributed by atoms with van der Waals surface area (Å²) in [5.41, 5.74) is -1.92. The number of phenols is 1. The molecule has 0 spiro atoms. The second kappa shape index (κ2) is 7.50. The molecular formula is C29H34O6. The summed E-state index contributed by atoms with van der Waals surface area (Å²) in [7, 11) is 0. The van der Waals surface area contributed by atoms with E-state index in [9.17, 15) is 29.7 Å². The zero-order valence-corrected chi connectivity index (χ0v) is 21.5. The fourth-order valence-electron chi connectivity index (χ4n) is 7.65. The number of allylic oxidation sites excluding steroid dienone is 2. The van der Waals surface area contributed by atoms with Gasteiger partial charge in [0.2, 0.25) is 11.6 Å². The van der Waals surface area contributed by atoms with Gasteiger partial charge in [0.25, 0.3) is 0 Å². The van der Waals surface area contributed by atoms with E-state index in [-0.39, 0.29) is 34.8 Å². The molecule has 1 fully saturated rings. The van der Waals surface area contributed by atoms with Crippen LogP contribution in [0.1, 0.15) is 71.6 Å². The van der Waals surface area contributed by atoms with E-state index in [0.717, 1.165) is 11.1 Å². The highest BCUT2D eigenvalue weighted by Crippen LogP contribution is 2.65. The Morgan fingerprint density at radius 2 is 1.71 bits per heavy atom. The number of Topliss-reactive ketones (excluding diaryl/α,β-unsaturated/α-hetero) is 3. The van der Waals surface area contributed by atoms with Crippen LogP contribution in [0.25, 0.3) is 11.3 Å². The Kier molecular flexibility index (Phi) is 5.38. The molecule has 3 aliphatic rings. The van der Waals surface area contributed by atoms with Gasteiger partial charge in [0.15, 0.2) is 11.4 Å². The van der Waals surface area contributed by atoms with Crippen LogP contribution in [0.15, 0.2) is 35.4 Å². The lowest BCUT2D eigenvalue weighted by Crippen LogP contribution is -2.70. The summed E-state index contributed by atoms with van der Waals surface area (Å²) in [5.74, 6) is -3.40. The van der Waals surface area contributed by atoms with Crippen LogP contribution in [0.3, 0.4) is 0 Å². The van der Waals surface area contributed by atoms with Crippen molar-refractivity contribution in [1.29, 1.82) is 0 Å². The summed E-state index contributed by atoms with van der Waals surface area (Å²) in [6, 6.07) is 3.18. The van der Waals surface area contributed by atoms with Gasteiger partial charge >= 0.3 is 0 Å². The van der Waals surface area contributed by atoms with Crippen LogP contribution in [0.5, 0.6) is 5.75 Å². The molecule has 0 saturated heterocycles. The fraction of sp³-hybridized carbons (Fsp3) is 0.483. The number of aliphatic hydroxyl groups excluding tert-OH is 1. The van der Waals surface area contributed by atoms with E-state index in [4.69, 9.17) is 0 Å². The van der Waals surface area contributed by atoms with E-state index < -0.39 is 45.5 Å². The third-order valence-electron chi connectivity index (χ3n) is 8.66. The second-order valence-corrected chi connectivity index (χ2v) is 11.5. The Hall–Kier alpha value is -2.99. The molecule has 0 aromatic heterocycles. The van der Waals surface area contributed by atoms with Crippen LogP contribution >= 0.6 is 0 Å². The van der Waals surface area contributed by atoms with Gasteiger partial charge in [-0.25, -0.2) is 0 Å². The number of carbonyl (C=O) groups is 3. The lowest BCUT2D eigenvalue weighted by atomic mass is 9.42. The maximum absolute atomic E-state index is 14.2. The number of rotatable bonds is 3. The zero-order chi connectivity index (χ0) is 26.4. The first-order valence-corrected chi connectivity index (χ1v) is 12.0. The van der Waals surface area contributed by atoms with Crippen LogP contribution < -0.4 is 0 Å². The van der Waals surface area contributed by atoms with Crippen molar-refractivity contribution in [1.82, 2.24) is 0 Å². The van der Waals surface area contributed by atoms with Crippen molar-refractivity contribution in [3.63, 3.8) is 0 Å².